The van der Waals surface area contributed by atoms with E-state index in [2.05, 4.69) is 76.2 Å². The second-order valence-corrected chi connectivity index (χ2v) is 7.08. The van der Waals surface area contributed by atoms with Gasteiger partial charge in [-0.1, -0.05) is 84.8 Å². The Morgan fingerprint density at radius 1 is 0.579 bits per heavy atom. The van der Waals surface area contributed by atoms with Crippen LogP contribution < -0.4 is 10.6 Å². The SMILES string of the molecule is CC(C)c1ccc(Pc2ccc(C(C)C)cc2)cc1. The average molecular weight is 270 g/mol. The van der Waals surface area contributed by atoms with Crippen LogP contribution in [0.25, 0.3) is 0 Å². The van der Waals surface area contributed by atoms with Gasteiger partial charge in [0, 0.05) is 0 Å². The van der Waals surface area contributed by atoms with Crippen LogP contribution in [0.5, 0.6) is 0 Å². The third-order valence-corrected chi connectivity index (χ3v) is 4.69. The lowest BCUT2D eigenvalue weighted by Gasteiger charge is -2.09. The molecule has 0 bridgehead atoms. The molecule has 2 rings (SSSR count). The lowest BCUT2D eigenvalue weighted by molar-refractivity contribution is 0.867. The van der Waals surface area contributed by atoms with E-state index in [0.29, 0.717) is 11.8 Å². The predicted octanol–water partition coefficient (Wildman–Crippen LogP) is 4.56. The molecule has 0 aliphatic carbocycles. The molecule has 0 unspecified atom stereocenters. The van der Waals surface area contributed by atoms with Gasteiger partial charge in [-0.05, 0) is 33.6 Å². The lowest BCUT2D eigenvalue weighted by Crippen LogP contribution is -2.04. The quantitative estimate of drug-likeness (QED) is 0.714. The maximum atomic E-state index is 2.27. The Morgan fingerprint density at radius 2 is 0.895 bits per heavy atom. The molecule has 0 fully saturated rings. The molecule has 0 aromatic heterocycles. The lowest BCUT2D eigenvalue weighted by atomic mass is 10.0. The Hall–Kier alpha value is -1.13. The van der Waals surface area contributed by atoms with Crippen molar-refractivity contribution in [2.24, 2.45) is 0 Å². The van der Waals surface area contributed by atoms with E-state index >= 15 is 0 Å². The Morgan fingerprint density at radius 3 is 1.16 bits per heavy atom. The van der Waals surface area contributed by atoms with Crippen molar-refractivity contribution in [2.75, 3.05) is 0 Å². The zero-order valence-corrected chi connectivity index (χ0v) is 13.3. The minimum atomic E-state index is 0.614. The molecule has 2 aromatic carbocycles. The molecule has 0 N–H and O–H groups in total. The highest BCUT2D eigenvalue weighted by atomic mass is 31.1. The molecule has 100 valence electrons. The molecule has 0 aliphatic heterocycles. The van der Waals surface area contributed by atoms with E-state index in [0.717, 1.165) is 8.58 Å². The van der Waals surface area contributed by atoms with Crippen LogP contribution >= 0.6 is 8.58 Å². The summed E-state index contributed by atoms with van der Waals surface area (Å²) < 4.78 is 0. The van der Waals surface area contributed by atoms with Crippen molar-refractivity contribution in [1.82, 2.24) is 0 Å². The van der Waals surface area contributed by atoms with Gasteiger partial charge in [0.15, 0.2) is 0 Å². The highest BCUT2D eigenvalue weighted by Crippen LogP contribution is 2.18. The van der Waals surface area contributed by atoms with Gasteiger partial charge in [0.05, 0.1) is 0 Å². The summed E-state index contributed by atoms with van der Waals surface area (Å²) in [6.07, 6.45) is 0. The van der Waals surface area contributed by atoms with Crippen LogP contribution in [0.2, 0.25) is 0 Å². The fraction of sp³-hybridized carbons (Fsp3) is 0.333. The minimum absolute atomic E-state index is 0.614. The van der Waals surface area contributed by atoms with Crippen molar-refractivity contribution in [3.8, 4) is 0 Å². The molecular formula is C18H23P. The van der Waals surface area contributed by atoms with Crippen molar-refractivity contribution in [2.45, 2.75) is 39.5 Å². The predicted molar refractivity (Wildman–Crippen MR) is 88.6 cm³/mol. The molecule has 0 saturated heterocycles. The van der Waals surface area contributed by atoms with Gasteiger partial charge in [-0.3, -0.25) is 0 Å². The molecule has 2 aromatic rings. The van der Waals surface area contributed by atoms with Crippen LogP contribution in [-0.4, -0.2) is 0 Å². The summed E-state index contributed by atoms with van der Waals surface area (Å²) in [5.74, 6) is 1.23. The normalized spacial score (nSPS) is 11.3. The van der Waals surface area contributed by atoms with Crippen LogP contribution in [0.3, 0.4) is 0 Å². The third kappa shape index (κ3) is 3.91. The molecule has 19 heavy (non-hydrogen) atoms. The molecule has 0 atom stereocenters. The number of rotatable bonds is 4. The zero-order chi connectivity index (χ0) is 13.8. The molecule has 1 heteroatoms. The maximum Gasteiger partial charge on any atom is -0.0219 e. The summed E-state index contributed by atoms with van der Waals surface area (Å²) in [6.45, 7) is 8.95. The maximum absolute atomic E-state index is 2.27. The first-order valence-corrected chi connectivity index (χ1v) is 8.03. The van der Waals surface area contributed by atoms with Gasteiger partial charge < -0.3 is 0 Å². The standard InChI is InChI=1S/C18H23P/c1-13(2)15-5-9-17(10-6-15)19-18-11-7-16(8-12-18)14(3)4/h5-14,19H,1-4H3. The molecule has 0 amide bonds. The molecule has 0 radical (unpaired) electrons. The van der Waals surface area contributed by atoms with Gasteiger partial charge in [0.25, 0.3) is 0 Å². The summed E-state index contributed by atoms with van der Waals surface area (Å²) in [5.41, 5.74) is 2.84. The highest BCUT2D eigenvalue weighted by Gasteiger charge is 2.02. The molecule has 0 heterocycles. The first-order chi connectivity index (χ1) is 9.06. The summed E-state index contributed by atoms with van der Waals surface area (Å²) in [4.78, 5) is 0. The van der Waals surface area contributed by atoms with Gasteiger partial charge in [0.1, 0.15) is 0 Å². The second kappa shape index (κ2) is 6.35. The van der Waals surface area contributed by atoms with Crippen molar-refractivity contribution in [3.05, 3.63) is 59.7 Å². The second-order valence-electron chi connectivity index (χ2n) is 5.68. The molecule has 0 saturated carbocycles. The van der Waals surface area contributed by atoms with Crippen LogP contribution in [0.15, 0.2) is 48.5 Å². The van der Waals surface area contributed by atoms with E-state index in [1.54, 1.807) is 0 Å². The van der Waals surface area contributed by atoms with Crippen molar-refractivity contribution < 1.29 is 0 Å². The topological polar surface area (TPSA) is 0 Å². The number of hydrogen-bond donors (Lipinski definition) is 0. The monoisotopic (exact) mass is 270 g/mol. The van der Waals surface area contributed by atoms with Crippen molar-refractivity contribution >= 4 is 19.2 Å². The fourth-order valence-electron chi connectivity index (χ4n) is 2.07. The van der Waals surface area contributed by atoms with Crippen LogP contribution in [0.4, 0.5) is 0 Å². The molecule has 0 spiro atoms. The van der Waals surface area contributed by atoms with Gasteiger partial charge in [-0.25, -0.2) is 0 Å². The van der Waals surface area contributed by atoms with E-state index in [4.69, 9.17) is 0 Å². The van der Waals surface area contributed by atoms with Crippen molar-refractivity contribution in [3.63, 3.8) is 0 Å². The molecular weight excluding hydrogens is 247 g/mol. The van der Waals surface area contributed by atoms with Gasteiger partial charge in [0.2, 0.25) is 0 Å². The number of benzene rings is 2. The Bertz CT molecular complexity index is 457. The first-order valence-electron chi connectivity index (χ1n) is 7.03. The third-order valence-electron chi connectivity index (χ3n) is 3.44. The Balaban J connectivity index is 2.08. The van der Waals surface area contributed by atoms with Gasteiger partial charge >= 0.3 is 0 Å². The van der Waals surface area contributed by atoms with Crippen LogP contribution in [0.1, 0.15) is 50.7 Å². The highest BCUT2D eigenvalue weighted by molar-refractivity contribution is 7.55. The fourth-order valence-corrected chi connectivity index (χ4v) is 3.07. The average Bonchev–Trinajstić information content (AvgIpc) is 2.40. The van der Waals surface area contributed by atoms with Crippen LogP contribution in [-0.2, 0) is 0 Å². The van der Waals surface area contributed by atoms with E-state index < -0.39 is 0 Å². The van der Waals surface area contributed by atoms with E-state index in [1.807, 2.05) is 0 Å². The zero-order valence-electron chi connectivity index (χ0n) is 12.3. The summed E-state index contributed by atoms with van der Waals surface area (Å²) in [5, 5.41) is 2.84. The largest absolute Gasteiger partial charge is 0.0591 e. The summed E-state index contributed by atoms with van der Waals surface area (Å²) >= 11 is 0. The van der Waals surface area contributed by atoms with E-state index in [-0.39, 0.29) is 0 Å². The summed E-state index contributed by atoms with van der Waals surface area (Å²) in [6, 6.07) is 18.1. The van der Waals surface area contributed by atoms with Gasteiger partial charge in [-0.2, -0.15) is 0 Å². The number of hydrogen-bond acceptors (Lipinski definition) is 0. The van der Waals surface area contributed by atoms with E-state index in [9.17, 15) is 0 Å². The Labute approximate surface area is 119 Å². The van der Waals surface area contributed by atoms with Crippen molar-refractivity contribution in [1.29, 1.82) is 0 Å². The summed E-state index contributed by atoms with van der Waals surface area (Å²) in [7, 11) is 0.757. The molecule has 0 nitrogen and oxygen atoms in total. The minimum Gasteiger partial charge on any atom is -0.0591 e. The van der Waals surface area contributed by atoms with E-state index in [1.165, 1.54) is 21.7 Å². The van der Waals surface area contributed by atoms with Crippen LogP contribution in [0, 0.1) is 0 Å². The molecule has 0 aliphatic rings. The first kappa shape index (κ1) is 14.3. The Kier molecular flexibility index (Phi) is 4.77. The smallest absolute Gasteiger partial charge is 0.0219 e. The van der Waals surface area contributed by atoms with Gasteiger partial charge in [-0.15, -0.1) is 0 Å².